The molecule has 0 atom stereocenters. The lowest BCUT2D eigenvalue weighted by Crippen LogP contribution is -2.49. The molecule has 16 heavy (non-hydrogen) atoms. The number of nitrogen functional groups attached to an aromatic ring is 1. The Balaban J connectivity index is 1.96. The normalized spacial score (nSPS) is 18.1. The summed E-state index contributed by atoms with van der Waals surface area (Å²) in [5.41, 5.74) is 6.93. The Morgan fingerprint density at radius 2 is 2.19 bits per heavy atom. The molecule has 1 aromatic rings. The number of anilines is 1. The third-order valence-corrected chi connectivity index (χ3v) is 3.72. The van der Waals surface area contributed by atoms with Crippen LogP contribution in [0.3, 0.4) is 0 Å². The summed E-state index contributed by atoms with van der Waals surface area (Å²) < 4.78 is 13.2. The van der Waals surface area contributed by atoms with E-state index in [2.05, 4.69) is 12.2 Å². The lowest BCUT2D eigenvalue weighted by atomic mass is 9.75. The summed E-state index contributed by atoms with van der Waals surface area (Å²) in [5, 5.41) is 3.54. The first kappa shape index (κ1) is 11.4. The van der Waals surface area contributed by atoms with Gasteiger partial charge >= 0.3 is 0 Å². The molecule has 0 unspecified atom stereocenters. The highest BCUT2D eigenvalue weighted by atomic mass is 19.1. The van der Waals surface area contributed by atoms with Crippen molar-refractivity contribution in [1.29, 1.82) is 0 Å². The summed E-state index contributed by atoms with van der Waals surface area (Å²) in [7, 11) is 0. The van der Waals surface area contributed by atoms with Gasteiger partial charge in [0.1, 0.15) is 5.82 Å². The largest absolute Gasteiger partial charge is 0.396 e. The first-order valence-electron chi connectivity index (χ1n) is 5.94. The first-order chi connectivity index (χ1) is 7.65. The van der Waals surface area contributed by atoms with Crippen molar-refractivity contribution in [2.75, 3.05) is 5.73 Å². The summed E-state index contributed by atoms with van der Waals surface area (Å²) in [6, 6.07) is 5.03. The molecule has 1 saturated carbocycles. The van der Waals surface area contributed by atoms with E-state index < -0.39 is 0 Å². The maximum Gasteiger partial charge on any atom is 0.146 e. The topological polar surface area (TPSA) is 38.0 Å². The van der Waals surface area contributed by atoms with Crippen molar-refractivity contribution in [2.24, 2.45) is 0 Å². The molecule has 3 heteroatoms. The predicted molar refractivity (Wildman–Crippen MR) is 64.5 cm³/mol. The highest BCUT2D eigenvalue weighted by Gasteiger charge is 2.34. The van der Waals surface area contributed by atoms with Crippen molar-refractivity contribution in [3.63, 3.8) is 0 Å². The minimum absolute atomic E-state index is 0.220. The summed E-state index contributed by atoms with van der Waals surface area (Å²) >= 11 is 0. The summed E-state index contributed by atoms with van der Waals surface area (Å²) in [4.78, 5) is 0. The molecule has 0 spiro atoms. The Labute approximate surface area is 96.0 Å². The summed E-state index contributed by atoms with van der Waals surface area (Å²) in [6.07, 6.45) is 4.92. The van der Waals surface area contributed by atoms with Crippen LogP contribution in [0.25, 0.3) is 0 Å². The zero-order valence-electron chi connectivity index (χ0n) is 9.72. The molecule has 1 aliphatic carbocycles. The van der Waals surface area contributed by atoms with E-state index in [0.29, 0.717) is 5.54 Å². The van der Waals surface area contributed by atoms with Crippen LogP contribution in [0.2, 0.25) is 0 Å². The van der Waals surface area contributed by atoms with Gasteiger partial charge in [0.15, 0.2) is 0 Å². The van der Waals surface area contributed by atoms with Crippen molar-refractivity contribution in [3.05, 3.63) is 29.6 Å². The van der Waals surface area contributed by atoms with E-state index in [1.807, 2.05) is 6.07 Å². The van der Waals surface area contributed by atoms with E-state index >= 15 is 0 Å². The van der Waals surface area contributed by atoms with Gasteiger partial charge in [0.05, 0.1) is 5.69 Å². The fraction of sp³-hybridized carbons (Fsp3) is 0.538. The van der Waals surface area contributed by atoms with Gasteiger partial charge in [-0.25, -0.2) is 4.39 Å². The van der Waals surface area contributed by atoms with Crippen LogP contribution in [0, 0.1) is 5.82 Å². The van der Waals surface area contributed by atoms with E-state index in [1.54, 1.807) is 6.07 Å². The highest BCUT2D eigenvalue weighted by molar-refractivity contribution is 5.41. The molecule has 0 heterocycles. The minimum atomic E-state index is -0.321. The number of hydrogen-bond donors (Lipinski definition) is 2. The number of nitrogens with one attached hydrogen (secondary N) is 1. The predicted octanol–water partition coefficient (Wildman–Crippen LogP) is 2.83. The Morgan fingerprint density at radius 3 is 2.69 bits per heavy atom. The van der Waals surface area contributed by atoms with Gasteiger partial charge in [0.2, 0.25) is 0 Å². The van der Waals surface area contributed by atoms with Crippen molar-refractivity contribution in [3.8, 4) is 0 Å². The van der Waals surface area contributed by atoms with Crippen LogP contribution in [0.4, 0.5) is 10.1 Å². The molecule has 0 radical (unpaired) electrons. The van der Waals surface area contributed by atoms with Crippen molar-refractivity contribution >= 4 is 5.69 Å². The fourth-order valence-corrected chi connectivity index (χ4v) is 2.23. The Kier molecular flexibility index (Phi) is 3.15. The Bertz CT molecular complexity index is 367. The van der Waals surface area contributed by atoms with E-state index in [1.165, 1.54) is 25.3 Å². The van der Waals surface area contributed by atoms with E-state index in [0.717, 1.165) is 18.5 Å². The average molecular weight is 222 g/mol. The maximum absolute atomic E-state index is 13.2. The SMILES string of the molecule is CCC1(NCc2ccc(N)c(F)c2)CCC1. The molecule has 0 aliphatic heterocycles. The third-order valence-electron chi connectivity index (χ3n) is 3.72. The van der Waals surface area contributed by atoms with Crippen molar-refractivity contribution < 1.29 is 4.39 Å². The molecule has 88 valence electrons. The standard InChI is InChI=1S/C13H19FN2/c1-2-13(6-3-7-13)16-9-10-4-5-12(15)11(14)8-10/h4-5,8,16H,2-3,6-7,9,15H2,1H3. The van der Waals surface area contributed by atoms with Gasteiger partial charge in [-0.1, -0.05) is 13.0 Å². The second-order valence-electron chi connectivity index (χ2n) is 4.70. The van der Waals surface area contributed by atoms with Gasteiger partial charge in [-0.05, 0) is 43.4 Å². The van der Waals surface area contributed by atoms with Crippen LogP contribution in [0.15, 0.2) is 18.2 Å². The van der Waals surface area contributed by atoms with Crippen molar-refractivity contribution in [2.45, 2.75) is 44.7 Å². The second kappa shape index (κ2) is 4.42. The number of hydrogen-bond acceptors (Lipinski definition) is 2. The lowest BCUT2D eigenvalue weighted by Gasteiger charge is -2.42. The molecule has 1 aliphatic rings. The maximum atomic E-state index is 13.2. The monoisotopic (exact) mass is 222 g/mol. The fourth-order valence-electron chi connectivity index (χ4n) is 2.23. The van der Waals surface area contributed by atoms with Gasteiger partial charge in [-0.2, -0.15) is 0 Å². The van der Waals surface area contributed by atoms with Gasteiger partial charge in [-0.15, -0.1) is 0 Å². The number of nitrogens with two attached hydrogens (primary N) is 1. The zero-order valence-corrected chi connectivity index (χ0v) is 9.72. The molecular weight excluding hydrogens is 203 g/mol. The molecule has 1 aromatic carbocycles. The molecule has 3 N–H and O–H groups in total. The second-order valence-corrected chi connectivity index (χ2v) is 4.70. The van der Waals surface area contributed by atoms with Crippen LogP contribution < -0.4 is 11.1 Å². The van der Waals surface area contributed by atoms with Crippen LogP contribution in [0.1, 0.15) is 38.2 Å². The molecule has 0 amide bonds. The molecule has 0 saturated heterocycles. The van der Waals surface area contributed by atoms with Gasteiger partial charge in [0.25, 0.3) is 0 Å². The molecule has 0 bridgehead atoms. The van der Waals surface area contributed by atoms with Gasteiger partial charge < -0.3 is 11.1 Å². The molecule has 0 aromatic heterocycles. The molecular formula is C13H19FN2. The molecule has 1 fully saturated rings. The van der Waals surface area contributed by atoms with E-state index in [-0.39, 0.29) is 11.5 Å². The quantitative estimate of drug-likeness (QED) is 0.769. The third kappa shape index (κ3) is 2.19. The van der Waals surface area contributed by atoms with E-state index in [9.17, 15) is 4.39 Å². The number of halogens is 1. The van der Waals surface area contributed by atoms with Crippen LogP contribution in [-0.2, 0) is 6.54 Å². The average Bonchev–Trinajstić information content (AvgIpc) is 2.22. The smallest absolute Gasteiger partial charge is 0.146 e. The zero-order chi connectivity index (χ0) is 11.6. The Morgan fingerprint density at radius 1 is 1.44 bits per heavy atom. The van der Waals surface area contributed by atoms with Crippen molar-refractivity contribution in [1.82, 2.24) is 5.32 Å². The van der Waals surface area contributed by atoms with Gasteiger partial charge in [-0.3, -0.25) is 0 Å². The summed E-state index contributed by atoms with van der Waals surface area (Å²) in [6.45, 7) is 2.93. The molecule has 2 rings (SSSR count). The van der Waals surface area contributed by atoms with Crippen LogP contribution >= 0.6 is 0 Å². The highest BCUT2D eigenvalue weighted by Crippen LogP contribution is 2.34. The Hall–Kier alpha value is -1.09. The van der Waals surface area contributed by atoms with Gasteiger partial charge in [0, 0.05) is 12.1 Å². The lowest BCUT2D eigenvalue weighted by molar-refractivity contribution is 0.175. The van der Waals surface area contributed by atoms with Crippen LogP contribution in [0.5, 0.6) is 0 Å². The first-order valence-corrected chi connectivity index (χ1v) is 5.94. The van der Waals surface area contributed by atoms with Crippen LogP contribution in [-0.4, -0.2) is 5.54 Å². The number of benzene rings is 1. The summed E-state index contributed by atoms with van der Waals surface area (Å²) in [5.74, 6) is -0.321. The number of rotatable bonds is 4. The van der Waals surface area contributed by atoms with E-state index in [4.69, 9.17) is 5.73 Å². The molecule has 2 nitrogen and oxygen atoms in total. The minimum Gasteiger partial charge on any atom is -0.396 e.